The Balaban J connectivity index is 0.000000791. The van der Waals surface area contributed by atoms with Gasteiger partial charge in [-0.1, -0.05) is 32.1 Å². The molecule has 2 nitrogen and oxygen atoms in total. The molecular formula is C12H16O2. The van der Waals surface area contributed by atoms with E-state index in [2.05, 4.69) is 0 Å². The molecule has 0 amide bonds. The summed E-state index contributed by atoms with van der Waals surface area (Å²) in [6.07, 6.45) is 3.20. The van der Waals surface area contributed by atoms with Gasteiger partial charge in [0.05, 0.1) is 0 Å². The van der Waals surface area contributed by atoms with E-state index in [0.29, 0.717) is 0 Å². The molecule has 0 bridgehead atoms. The van der Waals surface area contributed by atoms with Crippen molar-refractivity contribution in [2.24, 2.45) is 0 Å². The summed E-state index contributed by atoms with van der Waals surface area (Å²) in [4.78, 5) is 10.5. The summed E-state index contributed by atoms with van der Waals surface area (Å²) >= 11 is 0. The molecule has 1 aromatic carbocycles. The average Bonchev–Trinajstić information content (AvgIpc) is 2.20. The number of aromatic hydroxyl groups is 1. The van der Waals surface area contributed by atoms with E-state index < -0.39 is 0 Å². The van der Waals surface area contributed by atoms with Gasteiger partial charge in [-0.15, -0.1) is 0 Å². The minimum Gasteiger partial charge on any atom is -0.508 e. The van der Waals surface area contributed by atoms with E-state index in [4.69, 9.17) is 5.11 Å². The lowest BCUT2D eigenvalue weighted by molar-refractivity contribution is -0.112. The maximum absolute atomic E-state index is 10.5. The average molecular weight is 192 g/mol. The Hall–Kier alpha value is -1.57. The Morgan fingerprint density at radius 3 is 2.14 bits per heavy atom. The van der Waals surface area contributed by atoms with Crippen LogP contribution in [0, 0.1) is 0 Å². The van der Waals surface area contributed by atoms with Crippen LogP contribution in [0.4, 0.5) is 0 Å². The second-order valence-electron chi connectivity index (χ2n) is 2.54. The zero-order chi connectivity index (χ0) is 11.0. The molecule has 1 rings (SSSR count). The molecule has 0 aromatic heterocycles. The summed E-state index contributed by atoms with van der Waals surface area (Å²) in [7, 11) is 0. The van der Waals surface area contributed by atoms with Crippen molar-refractivity contribution in [3.63, 3.8) is 0 Å². The van der Waals surface area contributed by atoms with Crippen LogP contribution in [-0.4, -0.2) is 10.9 Å². The number of hydrogen-bond donors (Lipinski definition) is 1. The fourth-order valence-corrected chi connectivity index (χ4v) is 0.799. The highest BCUT2D eigenvalue weighted by Crippen LogP contribution is 2.10. The fraction of sp³-hybridized carbons (Fsp3) is 0.250. The van der Waals surface area contributed by atoms with Gasteiger partial charge in [-0.25, -0.2) is 0 Å². The van der Waals surface area contributed by atoms with E-state index in [1.54, 1.807) is 30.3 Å². The normalized spacial score (nSPS) is 9.36. The van der Waals surface area contributed by atoms with E-state index >= 15 is 0 Å². The third-order valence-electron chi connectivity index (χ3n) is 1.40. The number of hydrogen-bond acceptors (Lipinski definition) is 2. The Morgan fingerprint density at radius 2 is 1.71 bits per heavy atom. The van der Waals surface area contributed by atoms with E-state index in [1.165, 1.54) is 13.0 Å². The molecule has 0 unspecified atom stereocenters. The molecule has 0 aliphatic heterocycles. The first-order chi connectivity index (χ1) is 6.68. The predicted octanol–water partition coefficient (Wildman–Crippen LogP) is 3.02. The number of carbonyl (C=O) groups excluding carboxylic acids is 1. The predicted molar refractivity (Wildman–Crippen MR) is 59.2 cm³/mol. The van der Waals surface area contributed by atoms with Gasteiger partial charge in [0.2, 0.25) is 0 Å². The topological polar surface area (TPSA) is 37.3 Å². The standard InChI is InChI=1S/C10H10O2.C2H6/c1-8(11)2-3-9-4-6-10(12)7-5-9;1-2/h2-7,12H,1H3;1-2H3/b3-2+;. The lowest BCUT2D eigenvalue weighted by Crippen LogP contribution is -1.79. The first-order valence-electron chi connectivity index (χ1n) is 4.66. The summed E-state index contributed by atoms with van der Waals surface area (Å²) in [5, 5.41) is 8.94. The molecule has 0 heterocycles. The van der Waals surface area contributed by atoms with Crippen molar-refractivity contribution >= 4 is 11.9 Å². The van der Waals surface area contributed by atoms with E-state index in [0.717, 1.165) is 5.56 Å². The van der Waals surface area contributed by atoms with Crippen molar-refractivity contribution in [1.29, 1.82) is 0 Å². The summed E-state index contributed by atoms with van der Waals surface area (Å²) in [5.41, 5.74) is 0.906. The SMILES string of the molecule is CC.CC(=O)/C=C/c1ccc(O)cc1. The molecule has 0 saturated heterocycles. The Bertz CT molecular complexity index is 297. The number of ketones is 1. The highest BCUT2D eigenvalue weighted by molar-refractivity contribution is 5.91. The van der Waals surface area contributed by atoms with E-state index in [1.807, 2.05) is 13.8 Å². The quantitative estimate of drug-likeness (QED) is 0.731. The number of benzene rings is 1. The Morgan fingerprint density at radius 1 is 1.21 bits per heavy atom. The van der Waals surface area contributed by atoms with Crippen LogP contribution >= 0.6 is 0 Å². The number of allylic oxidation sites excluding steroid dienone is 1. The lowest BCUT2D eigenvalue weighted by Gasteiger charge is -1.92. The molecular weight excluding hydrogens is 176 g/mol. The number of carbonyl (C=O) groups is 1. The summed E-state index contributed by atoms with van der Waals surface area (Å²) < 4.78 is 0. The molecule has 0 spiro atoms. The lowest BCUT2D eigenvalue weighted by atomic mass is 10.2. The first-order valence-corrected chi connectivity index (χ1v) is 4.66. The molecule has 1 N–H and O–H groups in total. The highest BCUT2D eigenvalue weighted by atomic mass is 16.3. The van der Waals surface area contributed by atoms with Gasteiger partial charge in [0, 0.05) is 0 Å². The third-order valence-corrected chi connectivity index (χ3v) is 1.40. The van der Waals surface area contributed by atoms with Crippen molar-refractivity contribution in [2.75, 3.05) is 0 Å². The van der Waals surface area contributed by atoms with Crippen LogP contribution in [-0.2, 0) is 4.79 Å². The monoisotopic (exact) mass is 192 g/mol. The second kappa shape index (κ2) is 6.89. The molecule has 2 heteroatoms. The van der Waals surface area contributed by atoms with Crippen molar-refractivity contribution in [2.45, 2.75) is 20.8 Å². The second-order valence-corrected chi connectivity index (χ2v) is 2.54. The van der Waals surface area contributed by atoms with Gasteiger partial charge in [-0.05, 0) is 30.7 Å². The molecule has 14 heavy (non-hydrogen) atoms. The Labute approximate surface area is 84.9 Å². The van der Waals surface area contributed by atoms with Gasteiger partial charge < -0.3 is 5.11 Å². The fourth-order valence-electron chi connectivity index (χ4n) is 0.799. The molecule has 1 aromatic rings. The van der Waals surface area contributed by atoms with Crippen molar-refractivity contribution in [3.05, 3.63) is 35.9 Å². The van der Waals surface area contributed by atoms with Gasteiger partial charge in [-0.3, -0.25) is 4.79 Å². The van der Waals surface area contributed by atoms with Crippen molar-refractivity contribution in [1.82, 2.24) is 0 Å². The first kappa shape index (κ1) is 12.4. The molecule has 0 atom stereocenters. The van der Waals surface area contributed by atoms with Crippen molar-refractivity contribution < 1.29 is 9.90 Å². The summed E-state index contributed by atoms with van der Waals surface area (Å²) in [6.45, 7) is 5.50. The van der Waals surface area contributed by atoms with Gasteiger partial charge in [0.1, 0.15) is 5.75 Å². The van der Waals surface area contributed by atoms with Gasteiger partial charge in [0.15, 0.2) is 5.78 Å². The molecule has 0 aliphatic carbocycles. The zero-order valence-corrected chi connectivity index (χ0v) is 8.82. The van der Waals surface area contributed by atoms with Crippen LogP contribution in [0.3, 0.4) is 0 Å². The molecule has 0 fully saturated rings. The minimum absolute atomic E-state index is 0.0167. The smallest absolute Gasteiger partial charge is 0.152 e. The van der Waals surface area contributed by atoms with Crippen LogP contribution in [0.1, 0.15) is 26.3 Å². The highest BCUT2D eigenvalue weighted by Gasteiger charge is 1.88. The van der Waals surface area contributed by atoms with Gasteiger partial charge >= 0.3 is 0 Å². The van der Waals surface area contributed by atoms with Crippen LogP contribution in [0.15, 0.2) is 30.3 Å². The third kappa shape index (κ3) is 5.14. The van der Waals surface area contributed by atoms with Gasteiger partial charge in [0.25, 0.3) is 0 Å². The van der Waals surface area contributed by atoms with Crippen LogP contribution in [0.2, 0.25) is 0 Å². The van der Waals surface area contributed by atoms with E-state index in [-0.39, 0.29) is 11.5 Å². The van der Waals surface area contributed by atoms with E-state index in [9.17, 15) is 4.79 Å². The van der Waals surface area contributed by atoms with Crippen LogP contribution in [0.25, 0.3) is 6.08 Å². The molecule has 0 radical (unpaired) electrons. The Kier molecular flexibility index (Phi) is 6.12. The molecule has 0 aliphatic rings. The maximum atomic E-state index is 10.5. The summed E-state index contributed by atoms with van der Waals surface area (Å²) in [6, 6.07) is 6.66. The minimum atomic E-state index is 0.0167. The summed E-state index contributed by atoms with van der Waals surface area (Å²) in [5.74, 6) is 0.248. The van der Waals surface area contributed by atoms with Crippen molar-refractivity contribution in [3.8, 4) is 5.75 Å². The zero-order valence-electron chi connectivity index (χ0n) is 8.82. The largest absolute Gasteiger partial charge is 0.508 e. The number of rotatable bonds is 2. The van der Waals surface area contributed by atoms with Crippen LogP contribution < -0.4 is 0 Å². The number of phenolic OH excluding ortho intramolecular Hbond substituents is 1. The number of phenols is 1. The maximum Gasteiger partial charge on any atom is 0.152 e. The van der Waals surface area contributed by atoms with Gasteiger partial charge in [-0.2, -0.15) is 0 Å². The molecule has 76 valence electrons. The van der Waals surface area contributed by atoms with Crippen LogP contribution in [0.5, 0.6) is 5.75 Å². The molecule has 0 saturated carbocycles.